The molecule has 2 N–H and O–H groups in total. The van der Waals surface area contributed by atoms with Crippen molar-refractivity contribution >= 4 is 6.03 Å². The molecule has 2 amide bonds. The first kappa shape index (κ1) is 14.2. The van der Waals surface area contributed by atoms with Crippen molar-refractivity contribution < 1.29 is 14.6 Å². The number of urea groups is 1. The average Bonchev–Trinajstić information content (AvgIpc) is 2.29. The Labute approximate surface area is 103 Å². The van der Waals surface area contributed by atoms with Gasteiger partial charge in [0.1, 0.15) is 0 Å². The van der Waals surface area contributed by atoms with Crippen LogP contribution >= 0.6 is 0 Å². The number of rotatable bonds is 5. The standard InChI is InChI=1S/C11H23N3O3/c1-10(15)9-13-4-6-14(7-5-13)11(16)12-3-8-17-2/h10,15H,3-9H2,1-2H3,(H,12,16). The van der Waals surface area contributed by atoms with E-state index >= 15 is 0 Å². The van der Waals surface area contributed by atoms with Crippen molar-refractivity contribution in [1.29, 1.82) is 0 Å². The van der Waals surface area contributed by atoms with Crippen LogP contribution < -0.4 is 5.32 Å². The summed E-state index contributed by atoms with van der Waals surface area (Å²) in [5.74, 6) is 0. The molecular formula is C11H23N3O3. The van der Waals surface area contributed by atoms with Crippen LogP contribution in [0, 0.1) is 0 Å². The van der Waals surface area contributed by atoms with Crippen LogP contribution in [0.5, 0.6) is 0 Å². The maximum absolute atomic E-state index is 11.7. The number of carbonyl (C=O) groups excluding carboxylic acids is 1. The quantitative estimate of drug-likeness (QED) is 0.631. The highest BCUT2D eigenvalue weighted by atomic mass is 16.5. The van der Waals surface area contributed by atoms with E-state index in [1.807, 2.05) is 0 Å². The van der Waals surface area contributed by atoms with Gasteiger partial charge in [0, 0.05) is 46.4 Å². The molecule has 100 valence electrons. The fraction of sp³-hybridized carbons (Fsp3) is 0.909. The lowest BCUT2D eigenvalue weighted by Crippen LogP contribution is -2.53. The fourth-order valence-corrected chi connectivity index (χ4v) is 1.88. The van der Waals surface area contributed by atoms with Crippen molar-refractivity contribution in [3.8, 4) is 0 Å². The second kappa shape index (κ2) is 7.47. The third kappa shape index (κ3) is 5.34. The van der Waals surface area contributed by atoms with Crippen LogP contribution in [-0.4, -0.2) is 80.0 Å². The van der Waals surface area contributed by atoms with Crippen LogP contribution in [0.4, 0.5) is 4.79 Å². The lowest BCUT2D eigenvalue weighted by Gasteiger charge is -2.35. The summed E-state index contributed by atoms with van der Waals surface area (Å²) >= 11 is 0. The Balaban J connectivity index is 2.19. The van der Waals surface area contributed by atoms with Gasteiger partial charge in [0.05, 0.1) is 12.7 Å². The first-order valence-electron chi connectivity index (χ1n) is 6.05. The Morgan fingerprint density at radius 3 is 2.59 bits per heavy atom. The van der Waals surface area contributed by atoms with E-state index in [9.17, 15) is 9.90 Å². The molecule has 0 aliphatic carbocycles. The van der Waals surface area contributed by atoms with E-state index in [1.165, 1.54) is 0 Å². The maximum Gasteiger partial charge on any atom is 0.317 e. The van der Waals surface area contributed by atoms with Gasteiger partial charge in [-0.2, -0.15) is 0 Å². The van der Waals surface area contributed by atoms with Crippen molar-refractivity contribution in [2.45, 2.75) is 13.0 Å². The van der Waals surface area contributed by atoms with Crippen molar-refractivity contribution in [2.24, 2.45) is 0 Å². The second-order valence-corrected chi connectivity index (χ2v) is 4.36. The summed E-state index contributed by atoms with van der Waals surface area (Å²) in [6, 6.07) is -0.0289. The van der Waals surface area contributed by atoms with Crippen LogP contribution in [0.3, 0.4) is 0 Å². The van der Waals surface area contributed by atoms with Crippen molar-refractivity contribution in [2.75, 3.05) is 53.0 Å². The zero-order chi connectivity index (χ0) is 12.7. The fourth-order valence-electron chi connectivity index (χ4n) is 1.88. The Hall–Kier alpha value is -0.850. The normalized spacial score (nSPS) is 19.1. The highest BCUT2D eigenvalue weighted by Gasteiger charge is 2.21. The zero-order valence-corrected chi connectivity index (χ0v) is 10.7. The number of nitrogens with zero attached hydrogens (tertiary/aromatic N) is 2. The SMILES string of the molecule is COCCNC(=O)N1CCN(CC(C)O)CC1. The number of hydrogen-bond acceptors (Lipinski definition) is 4. The third-order valence-electron chi connectivity index (χ3n) is 2.76. The number of methoxy groups -OCH3 is 1. The minimum absolute atomic E-state index is 0.0289. The highest BCUT2D eigenvalue weighted by molar-refractivity contribution is 5.74. The third-order valence-corrected chi connectivity index (χ3v) is 2.76. The summed E-state index contributed by atoms with van der Waals surface area (Å²) in [5, 5.41) is 12.1. The summed E-state index contributed by atoms with van der Waals surface area (Å²) in [5.41, 5.74) is 0. The number of aliphatic hydroxyl groups excluding tert-OH is 1. The van der Waals surface area contributed by atoms with E-state index in [2.05, 4.69) is 10.2 Å². The monoisotopic (exact) mass is 245 g/mol. The Morgan fingerprint density at radius 2 is 2.06 bits per heavy atom. The topological polar surface area (TPSA) is 65.0 Å². The Morgan fingerprint density at radius 1 is 1.41 bits per heavy atom. The number of ether oxygens (including phenoxy) is 1. The number of nitrogens with one attached hydrogen (secondary N) is 1. The molecular weight excluding hydrogens is 222 g/mol. The van der Waals surface area contributed by atoms with Crippen molar-refractivity contribution in [3.05, 3.63) is 0 Å². The van der Waals surface area contributed by atoms with Crippen LogP contribution in [-0.2, 0) is 4.74 Å². The average molecular weight is 245 g/mol. The van der Waals surface area contributed by atoms with Crippen molar-refractivity contribution in [1.82, 2.24) is 15.1 Å². The number of aliphatic hydroxyl groups is 1. The molecule has 0 saturated carbocycles. The first-order chi connectivity index (χ1) is 8.13. The lowest BCUT2D eigenvalue weighted by molar-refractivity contribution is 0.0892. The summed E-state index contributed by atoms with van der Waals surface area (Å²) in [6.07, 6.45) is -0.308. The van der Waals surface area contributed by atoms with E-state index in [-0.39, 0.29) is 12.1 Å². The molecule has 1 aliphatic heterocycles. The molecule has 0 aromatic rings. The van der Waals surface area contributed by atoms with Gasteiger partial charge in [-0.25, -0.2) is 4.79 Å². The summed E-state index contributed by atoms with van der Waals surface area (Å²) < 4.78 is 4.87. The van der Waals surface area contributed by atoms with Gasteiger partial charge in [-0.3, -0.25) is 4.90 Å². The van der Waals surface area contributed by atoms with E-state index in [0.717, 1.165) is 13.1 Å². The van der Waals surface area contributed by atoms with Crippen LogP contribution in [0.1, 0.15) is 6.92 Å². The van der Waals surface area contributed by atoms with E-state index in [0.29, 0.717) is 32.8 Å². The molecule has 0 spiro atoms. The number of carbonyl (C=O) groups is 1. The molecule has 1 fully saturated rings. The van der Waals surface area contributed by atoms with Gasteiger partial charge in [-0.15, -0.1) is 0 Å². The van der Waals surface area contributed by atoms with Gasteiger partial charge < -0.3 is 20.1 Å². The van der Waals surface area contributed by atoms with E-state index < -0.39 is 0 Å². The summed E-state index contributed by atoms with van der Waals surface area (Å²) in [7, 11) is 1.61. The van der Waals surface area contributed by atoms with Crippen LogP contribution in [0.25, 0.3) is 0 Å². The molecule has 1 atom stereocenters. The number of hydrogen-bond donors (Lipinski definition) is 2. The van der Waals surface area contributed by atoms with Gasteiger partial charge >= 0.3 is 6.03 Å². The minimum atomic E-state index is -0.308. The molecule has 1 aliphatic rings. The van der Waals surface area contributed by atoms with Crippen LogP contribution in [0.15, 0.2) is 0 Å². The van der Waals surface area contributed by atoms with Gasteiger partial charge in [-0.1, -0.05) is 0 Å². The molecule has 0 bridgehead atoms. The van der Waals surface area contributed by atoms with E-state index in [1.54, 1.807) is 18.9 Å². The summed E-state index contributed by atoms with van der Waals surface area (Å²) in [4.78, 5) is 15.7. The predicted molar refractivity (Wildman–Crippen MR) is 65.0 cm³/mol. The second-order valence-electron chi connectivity index (χ2n) is 4.36. The molecule has 0 aromatic carbocycles. The molecule has 1 heterocycles. The summed E-state index contributed by atoms with van der Waals surface area (Å²) in [6.45, 7) is 6.61. The lowest BCUT2D eigenvalue weighted by atomic mass is 10.3. The highest BCUT2D eigenvalue weighted by Crippen LogP contribution is 2.02. The predicted octanol–water partition coefficient (Wildman–Crippen LogP) is -0.659. The number of piperazine rings is 1. The van der Waals surface area contributed by atoms with Gasteiger partial charge in [-0.05, 0) is 6.92 Å². The minimum Gasteiger partial charge on any atom is -0.392 e. The van der Waals surface area contributed by atoms with Crippen molar-refractivity contribution in [3.63, 3.8) is 0 Å². The Bertz CT molecular complexity index is 228. The molecule has 0 aromatic heterocycles. The smallest absolute Gasteiger partial charge is 0.317 e. The zero-order valence-electron chi connectivity index (χ0n) is 10.7. The molecule has 1 saturated heterocycles. The van der Waals surface area contributed by atoms with Gasteiger partial charge in [0.25, 0.3) is 0 Å². The van der Waals surface area contributed by atoms with E-state index in [4.69, 9.17) is 4.74 Å². The number of β-amino-alcohol motifs (C(OH)–C–C–N with tert-alkyl or cyclic N) is 1. The molecule has 6 heteroatoms. The molecule has 0 radical (unpaired) electrons. The molecule has 1 unspecified atom stereocenters. The largest absolute Gasteiger partial charge is 0.392 e. The van der Waals surface area contributed by atoms with Gasteiger partial charge in [0.15, 0.2) is 0 Å². The Kier molecular flexibility index (Phi) is 6.25. The molecule has 17 heavy (non-hydrogen) atoms. The molecule has 1 rings (SSSR count). The maximum atomic E-state index is 11.7. The molecule has 6 nitrogen and oxygen atoms in total. The number of amides is 2. The van der Waals surface area contributed by atoms with Crippen LogP contribution in [0.2, 0.25) is 0 Å². The first-order valence-corrected chi connectivity index (χ1v) is 6.05. The van der Waals surface area contributed by atoms with Gasteiger partial charge in [0.2, 0.25) is 0 Å².